The van der Waals surface area contributed by atoms with E-state index in [2.05, 4.69) is 4.74 Å². The molecule has 2 aromatic rings. The van der Waals surface area contributed by atoms with Crippen molar-refractivity contribution in [2.75, 3.05) is 20.3 Å². The molecule has 8 nitrogen and oxygen atoms in total. The first-order chi connectivity index (χ1) is 12.8. The molecule has 0 spiro atoms. The highest BCUT2D eigenvalue weighted by Crippen LogP contribution is 2.29. The number of ether oxygens (including phenoxy) is 2. The number of fused-ring (bicyclic) bond motifs is 1. The van der Waals surface area contributed by atoms with E-state index < -0.39 is 34.5 Å². The molecule has 1 aliphatic heterocycles. The highest BCUT2D eigenvalue weighted by molar-refractivity contribution is 7.90. The highest BCUT2D eigenvalue weighted by Gasteiger charge is 2.41. The lowest BCUT2D eigenvalue weighted by Gasteiger charge is -2.19. The summed E-state index contributed by atoms with van der Waals surface area (Å²) in [6, 6.07) is 11.9. The maximum atomic E-state index is 12.4. The Kier molecular flexibility index (Phi) is 5.15. The number of rotatable bonds is 6. The van der Waals surface area contributed by atoms with Crippen molar-refractivity contribution in [3.05, 3.63) is 59.7 Å². The fourth-order valence-electron chi connectivity index (χ4n) is 2.65. The second kappa shape index (κ2) is 7.37. The van der Waals surface area contributed by atoms with Crippen LogP contribution in [0.5, 0.6) is 5.75 Å². The summed E-state index contributed by atoms with van der Waals surface area (Å²) in [6.07, 6.45) is -1.22. The lowest BCUT2D eigenvalue weighted by molar-refractivity contribution is 0.0600. The van der Waals surface area contributed by atoms with E-state index in [-0.39, 0.29) is 17.1 Å². The average Bonchev–Trinajstić information content (AvgIpc) is 2.87. The van der Waals surface area contributed by atoms with E-state index in [1.807, 2.05) is 0 Å². The molecule has 0 bridgehead atoms. The molecule has 2 aromatic carbocycles. The van der Waals surface area contributed by atoms with Crippen LogP contribution in [0, 0.1) is 0 Å². The van der Waals surface area contributed by atoms with E-state index in [1.165, 1.54) is 49.6 Å². The number of amides is 1. The van der Waals surface area contributed by atoms with Crippen LogP contribution in [-0.2, 0) is 14.8 Å². The molecule has 0 fully saturated rings. The van der Waals surface area contributed by atoms with E-state index in [0.717, 1.165) is 0 Å². The topological polar surface area (TPSA) is 110 Å². The summed E-state index contributed by atoms with van der Waals surface area (Å²) < 4.78 is 35.5. The summed E-state index contributed by atoms with van der Waals surface area (Å²) in [6.45, 7) is -0.649. The van der Waals surface area contributed by atoms with Gasteiger partial charge in [0.15, 0.2) is 0 Å². The Hall–Kier alpha value is -2.91. The number of carbonyl (C=O) groups excluding carboxylic acids is 2. The fourth-order valence-corrected chi connectivity index (χ4v) is 4.26. The van der Waals surface area contributed by atoms with Crippen molar-refractivity contribution < 1.29 is 32.6 Å². The minimum atomic E-state index is -3.97. The summed E-state index contributed by atoms with van der Waals surface area (Å²) in [7, 11) is -2.70. The molecule has 27 heavy (non-hydrogen) atoms. The number of carbonyl (C=O) groups is 2. The van der Waals surface area contributed by atoms with Crippen molar-refractivity contribution in [3.8, 4) is 5.75 Å². The van der Waals surface area contributed by atoms with Crippen LogP contribution in [0.15, 0.2) is 53.4 Å². The molecule has 1 aliphatic rings. The monoisotopic (exact) mass is 391 g/mol. The first kappa shape index (κ1) is 18.9. The number of aliphatic hydroxyl groups is 1. The number of β-amino-alcohol motifs (C(OH)–C–C–N with tert-alkyl or cyclic N) is 1. The quantitative estimate of drug-likeness (QED) is 0.733. The van der Waals surface area contributed by atoms with Gasteiger partial charge >= 0.3 is 5.97 Å². The van der Waals surface area contributed by atoms with E-state index >= 15 is 0 Å². The van der Waals surface area contributed by atoms with E-state index in [1.54, 1.807) is 6.07 Å². The van der Waals surface area contributed by atoms with Crippen LogP contribution >= 0.6 is 0 Å². The van der Waals surface area contributed by atoms with E-state index in [4.69, 9.17) is 4.74 Å². The number of aliphatic hydroxyl groups excluding tert-OH is 1. The number of benzene rings is 2. The third-order valence-electron chi connectivity index (χ3n) is 4.01. The van der Waals surface area contributed by atoms with Gasteiger partial charge in [0.2, 0.25) is 0 Å². The van der Waals surface area contributed by atoms with Crippen LogP contribution in [0.2, 0.25) is 0 Å². The van der Waals surface area contributed by atoms with Gasteiger partial charge in [-0.1, -0.05) is 12.1 Å². The molecule has 0 aromatic heterocycles. The summed E-state index contributed by atoms with van der Waals surface area (Å²) in [5.41, 5.74) is 0.431. The van der Waals surface area contributed by atoms with Crippen molar-refractivity contribution in [1.82, 2.24) is 4.31 Å². The van der Waals surface area contributed by atoms with Crippen molar-refractivity contribution in [1.29, 1.82) is 0 Å². The zero-order valence-corrected chi connectivity index (χ0v) is 15.2. The van der Waals surface area contributed by atoms with Gasteiger partial charge in [0, 0.05) is 0 Å². The number of methoxy groups -OCH3 is 1. The molecule has 3 rings (SSSR count). The maximum absolute atomic E-state index is 12.4. The van der Waals surface area contributed by atoms with Crippen molar-refractivity contribution >= 4 is 21.9 Å². The lowest BCUT2D eigenvalue weighted by Crippen LogP contribution is -2.39. The molecular formula is C18H17NO7S. The summed E-state index contributed by atoms with van der Waals surface area (Å²) in [5, 5.41) is 10.1. The van der Waals surface area contributed by atoms with Crippen LogP contribution in [-0.4, -0.2) is 56.1 Å². The van der Waals surface area contributed by atoms with Gasteiger partial charge in [-0.3, -0.25) is 4.79 Å². The molecule has 1 amide bonds. The average molecular weight is 391 g/mol. The van der Waals surface area contributed by atoms with Gasteiger partial charge in [-0.2, -0.15) is 0 Å². The standard InChI is InChI=1S/C18H17NO7S/c1-25-18(22)12-6-8-14(9-7-12)26-11-13(20)10-19-17(21)15-4-2-3-5-16(15)27(19,23)24/h2-9,13,20H,10-11H2,1H3/t13-/m1/s1. The SMILES string of the molecule is COC(=O)c1ccc(OC[C@H](O)CN2C(=O)c3ccccc3S2(=O)=O)cc1. The van der Waals surface area contributed by atoms with Gasteiger partial charge in [0.05, 0.1) is 24.8 Å². The molecule has 9 heteroatoms. The van der Waals surface area contributed by atoms with Crippen molar-refractivity contribution in [2.45, 2.75) is 11.0 Å². The van der Waals surface area contributed by atoms with Crippen LogP contribution in [0.1, 0.15) is 20.7 Å². The summed E-state index contributed by atoms with van der Waals surface area (Å²) in [5.74, 6) is -0.786. The first-order valence-electron chi connectivity index (χ1n) is 8.00. The molecule has 0 radical (unpaired) electrons. The van der Waals surface area contributed by atoms with Crippen LogP contribution in [0.4, 0.5) is 0 Å². The number of sulfonamides is 1. The molecule has 1 N–H and O–H groups in total. The normalized spacial score (nSPS) is 15.9. The van der Waals surface area contributed by atoms with Gasteiger partial charge < -0.3 is 14.6 Å². The Labute approximate surface area is 156 Å². The van der Waals surface area contributed by atoms with Gasteiger partial charge in [-0.15, -0.1) is 0 Å². The van der Waals surface area contributed by atoms with Crippen molar-refractivity contribution in [2.24, 2.45) is 0 Å². The van der Waals surface area contributed by atoms with Gasteiger partial charge in [0.1, 0.15) is 23.4 Å². The van der Waals surface area contributed by atoms with E-state index in [0.29, 0.717) is 15.6 Å². The summed E-state index contributed by atoms with van der Waals surface area (Å²) >= 11 is 0. The number of hydrogen-bond donors (Lipinski definition) is 1. The Morgan fingerprint density at radius 3 is 2.44 bits per heavy atom. The smallest absolute Gasteiger partial charge is 0.337 e. The van der Waals surface area contributed by atoms with E-state index in [9.17, 15) is 23.1 Å². The minimum absolute atomic E-state index is 0.0680. The predicted octanol–water partition coefficient (Wildman–Crippen LogP) is 1.06. The Bertz CT molecular complexity index is 969. The molecule has 1 atom stereocenters. The molecular weight excluding hydrogens is 374 g/mol. The Morgan fingerprint density at radius 2 is 1.81 bits per heavy atom. The zero-order valence-electron chi connectivity index (χ0n) is 14.4. The van der Waals surface area contributed by atoms with Crippen LogP contribution in [0.25, 0.3) is 0 Å². The first-order valence-corrected chi connectivity index (χ1v) is 9.44. The van der Waals surface area contributed by atoms with Crippen molar-refractivity contribution in [3.63, 3.8) is 0 Å². The minimum Gasteiger partial charge on any atom is -0.491 e. The molecule has 0 saturated carbocycles. The zero-order chi connectivity index (χ0) is 19.6. The summed E-state index contributed by atoms with van der Waals surface area (Å²) in [4.78, 5) is 23.6. The van der Waals surface area contributed by atoms with Crippen LogP contribution < -0.4 is 4.74 Å². The molecule has 0 unspecified atom stereocenters. The van der Waals surface area contributed by atoms with Gasteiger partial charge in [-0.05, 0) is 36.4 Å². The second-order valence-electron chi connectivity index (χ2n) is 5.82. The number of esters is 1. The van der Waals surface area contributed by atoms with Crippen LogP contribution in [0.3, 0.4) is 0 Å². The molecule has 0 saturated heterocycles. The number of nitrogens with zero attached hydrogens (tertiary/aromatic N) is 1. The highest BCUT2D eigenvalue weighted by atomic mass is 32.2. The Balaban J connectivity index is 1.62. The predicted molar refractivity (Wildman–Crippen MR) is 93.9 cm³/mol. The third kappa shape index (κ3) is 3.64. The molecule has 0 aliphatic carbocycles. The Morgan fingerprint density at radius 1 is 1.15 bits per heavy atom. The van der Waals surface area contributed by atoms with Gasteiger partial charge in [-0.25, -0.2) is 17.5 Å². The maximum Gasteiger partial charge on any atom is 0.337 e. The number of hydrogen-bond acceptors (Lipinski definition) is 7. The third-order valence-corrected chi connectivity index (χ3v) is 5.81. The van der Waals surface area contributed by atoms with Gasteiger partial charge in [0.25, 0.3) is 15.9 Å². The lowest BCUT2D eigenvalue weighted by atomic mass is 10.2. The largest absolute Gasteiger partial charge is 0.491 e. The molecule has 142 valence electrons. The molecule has 1 heterocycles. The second-order valence-corrected chi connectivity index (χ2v) is 7.65. The fraction of sp³-hybridized carbons (Fsp3) is 0.222.